The van der Waals surface area contributed by atoms with Gasteiger partial charge < -0.3 is 5.32 Å². The van der Waals surface area contributed by atoms with E-state index >= 15 is 0 Å². The summed E-state index contributed by atoms with van der Waals surface area (Å²) in [5.41, 5.74) is 1.83. The molecule has 5 nitrogen and oxygen atoms in total. The fourth-order valence-corrected chi connectivity index (χ4v) is 3.21. The van der Waals surface area contributed by atoms with Crippen LogP contribution in [0.15, 0.2) is 60.7 Å². The highest BCUT2D eigenvalue weighted by Crippen LogP contribution is 2.30. The van der Waals surface area contributed by atoms with Crippen LogP contribution in [0.4, 0.5) is 24.7 Å². The van der Waals surface area contributed by atoms with Gasteiger partial charge in [0.1, 0.15) is 5.82 Å². The Morgan fingerprint density at radius 1 is 0.933 bits per heavy atom. The van der Waals surface area contributed by atoms with Crippen molar-refractivity contribution in [3.8, 4) is 0 Å². The zero-order chi connectivity index (χ0) is 21.1. The second-order valence-corrected chi connectivity index (χ2v) is 7.06. The van der Waals surface area contributed by atoms with Crippen molar-refractivity contribution in [2.24, 2.45) is 0 Å². The van der Waals surface area contributed by atoms with Crippen molar-refractivity contribution in [2.45, 2.75) is 32.4 Å². The van der Waals surface area contributed by atoms with Crippen LogP contribution in [0.25, 0.3) is 5.78 Å². The Labute approximate surface area is 171 Å². The highest BCUT2D eigenvalue weighted by molar-refractivity contribution is 5.59. The third-order valence-corrected chi connectivity index (χ3v) is 4.68. The Hall–Kier alpha value is -3.42. The molecule has 0 unspecified atom stereocenters. The molecular formula is C22H20F3N5. The van der Waals surface area contributed by atoms with Crippen molar-refractivity contribution in [2.75, 3.05) is 5.32 Å². The van der Waals surface area contributed by atoms with Gasteiger partial charge >= 0.3 is 6.18 Å². The largest absolute Gasteiger partial charge is 0.416 e. The van der Waals surface area contributed by atoms with E-state index in [0.29, 0.717) is 29.5 Å². The van der Waals surface area contributed by atoms with E-state index in [-0.39, 0.29) is 0 Å². The summed E-state index contributed by atoms with van der Waals surface area (Å²) in [4.78, 5) is 8.92. The molecular weight excluding hydrogens is 391 g/mol. The number of fused-ring (bicyclic) bond motifs is 1. The highest BCUT2D eigenvalue weighted by Gasteiger charge is 2.29. The lowest BCUT2D eigenvalue weighted by atomic mass is 10.1. The molecule has 0 aliphatic heterocycles. The number of aromatic nitrogens is 4. The maximum Gasteiger partial charge on any atom is 0.416 e. The van der Waals surface area contributed by atoms with Gasteiger partial charge in [-0.2, -0.15) is 22.7 Å². The van der Waals surface area contributed by atoms with E-state index in [4.69, 9.17) is 0 Å². The Kier molecular flexibility index (Phi) is 5.39. The first kappa shape index (κ1) is 19.9. The number of hydrogen-bond acceptors (Lipinski definition) is 4. The maximum atomic E-state index is 12.8. The average molecular weight is 411 g/mol. The molecule has 1 N–H and O–H groups in total. The van der Waals surface area contributed by atoms with E-state index in [0.717, 1.165) is 30.7 Å². The van der Waals surface area contributed by atoms with E-state index in [9.17, 15) is 13.2 Å². The van der Waals surface area contributed by atoms with E-state index in [1.165, 1.54) is 17.7 Å². The van der Waals surface area contributed by atoms with Gasteiger partial charge in [0.2, 0.25) is 0 Å². The normalized spacial score (nSPS) is 11.7. The standard InChI is InChI=1S/C22H20F3N5/c1-15-14-20(27-18-12-10-17(11-13-18)22(23,24)25)30-21(26-15)28-19(29-30)9-5-8-16-6-3-2-4-7-16/h2-4,6-7,10-14,27H,5,8-9H2,1H3. The topological polar surface area (TPSA) is 55.1 Å². The number of alkyl halides is 3. The third-order valence-electron chi connectivity index (χ3n) is 4.68. The van der Waals surface area contributed by atoms with Crippen LogP contribution in [-0.4, -0.2) is 19.6 Å². The number of nitrogens with one attached hydrogen (secondary N) is 1. The predicted molar refractivity (Wildman–Crippen MR) is 109 cm³/mol. The predicted octanol–water partition coefficient (Wildman–Crippen LogP) is 5.37. The number of halogens is 3. The minimum Gasteiger partial charge on any atom is -0.340 e. The number of anilines is 2. The number of aryl methyl sites for hydroxylation is 3. The minimum absolute atomic E-state index is 0.458. The number of nitrogens with zero attached hydrogens (tertiary/aromatic N) is 4. The van der Waals surface area contributed by atoms with Crippen LogP contribution in [0.2, 0.25) is 0 Å². The third kappa shape index (κ3) is 4.59. The van der Waals surface area contributed by atoms with Crippen LogP contribution in [0.5, 0.6) is 0 Å². The summed E-state index contributed by atoms with van der Waals surface area (Å²) >= 11 is 0. The number of hydrogen-bond donors (Lipinski definition) is 1. The van der Waals surface area contributed by atoms with Crippen molar-refractivity contribution in [3.63, 3.8) is 0 Å². The molecule has 2 aromatic heterocycles. The van der Waals surface area contributed by atoms with Crippen molar-refractivity contribution < 1.29 is 13.2 Å². The molecule has 0 saturated carbocycles. The molecule has 4 rings (SSSR count). The Balaban J connectivity index is 1.52. The molecule has 2 aromatic carbocycles. The lowest BCUT2D eigenvalue weighted by Gasteiger charge is -2.10. The summed E-state index contributed by atoms with van der Waals surface area (Å²) < 4.78 is 39.9. The summed E-state index contributed by atoms with van der Waals surface area (Å²) in [5.74, 6) is 1.73. The van der Waals surface area contributed by atoms with Crippen molar-refractivity contribution in [3.05, 3.63) is 83.3 Å². The van der Waals surface area contributed by atoms with E-state index in [1.807, 2.05) is 25.1 Å². The zero-order valence-electron chi connectivity index (χ0n) is 16.3. The average Bonchev–Trinajstić information content (AvgIpc) is 3.11. The first-order chi connectivity index (χ1) is 14.4. The molecule has 0 aliphatic rings. The molecule has 0 bridgehead atoms. The Morgan fingerprint density at radius 2 is 1.67 bits per heavy atom. The van der Waals surface area contributed by atoms with Crippen molar-refractivity contribution >= 4 is 17.3 Å². The smallest absolute Gasteiger partial charge is 0.340 e. The SMILES string of the molecule is Cc1cc(Nc2ccc(C(F)(F)F)cc2)n2nc(CCCc3ccccc3)nc2n1. The molecule has 30 heavy (non-hydrogen) atoms. The van der Waals surface area contributed by atoms with Crippen LogP contribution in [0.1, 0.15) is 29.1 Å². The number of rotatable bonds is 6. The van der Waals surface area contributed by atoms with E-state index < -0.39 is 11.7 Å². The number of benzene rings is 2. The Morgan fingerprint density at radius 3 is 2.37 bits per heavy atom. The molecule has 0 radical (unpaired) electrons. The molecule has 0 fully saturated rings. The lowest BCUT2D eigenvalue weighted by molar-refractivity contribution is -0.137. The molecule has 154 valence electrons. The van der Waals surface area contributed by atoms with Gasteiger partial charge in [-0.1, -0.05) is 30.3 Å². The summed E-state index contributed by atoms with van der Waals surface area (Å²) in [6, 6.07) is 16.9. The van der Waals surface area contributed by atoms with Crippen LogP contribution in [0, 0.1) is 6.92 Å². The molecule has 0 atom stereocenters. The van der Waals surface area contributed by atoms with Crippen molar-refractivity contribution in [1.29, 1.82) is 0 Å². The van der Waals surface area contributed by atoms with Crippen LogP contribution in [0.3, 0.4) is 0 Å². The Bertz CT molecular complexity index is 1140. The summed E-state index contributed by atoms with van der Waals surface area (Å²) in [6.45, 7) is 1.84. The van der Waals surface area contributed by atoms with E-state index in [1.54, 1.807) is 10.6 Å². The molecule has 8 heteroatoms. The van der Waals surface area contributed by atoms with Crippen LogP contribution < -0.4 is 5.32 Å². The second kappa shape index (κ2) is 8.14. The molecule has 4 aromatic rings. The molecule has 2 heterocycles. The van der Waals surface area contributed by atoms with E-state index in [2.05, 4.69) is 32.5 Å². The van der Waals surface area contributed by atoms with Gasteiger partial charge in [0.15, 0.2) is 5.82 Å². The quantitative estimate of drug-likeness (QED) is 0.463. The zero-order valence-corrected chi connectivity index (χ0v) is 16.3. The molecule has 0 aliphatic carbocycles. The highest BCUT2D eigenvalue weighted by atomic mass is 19.4. The maximum absolute atomic E-state index is 12.8. The lowest BCUT2D eigenvalue weighted by Crippen LogP contribution is -2.05. The van der Waals surface area contributed by atoms with Gasteiger partial charge in [0, 0.05) is 23.9 Å². The van der Waals surface area contributed by atoms with Gasteiger partial charge in [0.05, 0.1) is 5.56 Å². The molecule has 0 saturated heterocycles. The first-order valence-corrected chi connectivity index (χ1v) is 9.60. The fraction of sp³-hybridized carbons (Fsp3) is 0.227. The van der Waals surface area contributed by atoms with Crippen molar-refractivity contribution in [1.82, 2.24) is 19.6 Å². The summed E-state index contributed by atoms with van der Waals surface area (Å²) in [6.07, 6.45) is -1.82. The second-order valence-electron chi connectivity index (χ2n) is 7.06. The van der Waals surface area contributed by atoms with Gasteiger partial charge in [-0.3, -0.25) is 0 Å². The summed E-state index contributed by atoms with van der Waals surface area (Å²) in [5, 5.41) is 7.65. The fourth-order valence-electron chi connectivity index (χ4n) is 3.21. The van der Waals surface area contributed by atoms with Gasteiger partial charge in [0.25, 0.3) is 5.78 Å². The van der Waals surface area contributed by atoms with Gasteiger partial charge in [-0.25, -0.2) is 4.98 Å². The van der Waals surface area contributed by atoms with Gasteiger partial charge in [-0.05, 0) is 49.6 Å². The van der Waals surface area contributed by atoms with Crippen LogP contribution >= 0.6 is 0 Å². The monoisotopic (exact) mass is 411 g/mol. The molecule has 0 spiro atoms. The first-order valence-electron chi connectivity index (χ1n) is 9.60. The molecule has 0 amide bonds. The van der Waals surface area contributed by atoms with Gasteiger partial charge in [-0.15, -0.1) is 5.10 Å². The summed E-state index contributed by atoms with van der Waals surface area (Å²) in [7, 11) is 0. The van der Waals surface area contributed by atoms with Crippen LogP contribution in [-0.2, 0) is 19.0 Å². The minimum atomic E-state index is -4.36.